The second kappa shape index (κ2) is 8.55. The van der Waals surface area contributed by atoms with E-state index in [1.807, 2.05) is 26.0 Å². The second-order valence-corrected chi connectivity index (χ2v) is 6.27. The summed E-state index contributed by atoms with van der Waals surface area (Å²) < 4.78 is 5.38. The van der Waals surface area contributed by atoms with Gasteiger partial charge in [-0.3, -0.25) is 5.10 Å². The number of hydrogen-bond donors (Lipinski definition) is 3. The highest BCUT2D eigenvalue weighted by atomic mass is 35.5. The Kier molecular flexibility index (Phi) is 5.93. The number of amides is 2. The van der Waals surface area contributed by atoms with Crippen LogP contribution in [0, 0.1) is 0 Å². The van der Waals surface area contributed by atoms with Crippen molar-refractivity contribution in [1.29, 1.82) is 0 Å². The largest absolute Gasteiger partial charge is 0.494 e. The molecule has 0 aliphatic carbocycles. The maximum Gasteiger partial charge on any atom is 0.319 e. The summed E-state index contributed by atoms with van der Waals surface area (Å²) in [6.45, 7) is 4.34. The standard InChI is InChI=1S/C19H20ClN5O2/c1-3-27-16-10-8-15(9-11-16)22-19(26)21-12(2)17-23-18(25-24-17)13-4-6-14(20)7-5-13/h4-12H,3H2,1-2H3,(H2,21,22,26)(H,23,24,25). The molecule has 0 fully saturated rings. The lowest BCUT2D eigenvalue weighted by molar-refractivity contribution is 0.249. The van der Waals surface area contributed by atoms with Crippen LogP contribution in [-0.4, -0.2) is 27.8 Å². The molecule has 0 saturated carbocycles. The monoisotopic (exact) mass is 385 g/mol. The van der Waals surface area contributed by atoms with E-state index in [1.54, 1.807) is 36.4 Å². The Balaban J connectivity index is 1.59. The first kappa shape index (κ1) is 18.7. The summed E-state index contributed by atoms with van der Waals surface area (Å²) >= 11 is 5.89. The summed E-state index contributed by atoms with van der Waals surface area (Å²) in [5, 5.41) is 13.3. The number of nitrogens with zero attached hydrogens (tertiary/aromatic N) is 2. The lowest BCUT2D eigenvalue weighted by Gasteiger charge is -2.12. The van der Waals surface area contributed by atoms with Crippen molar-refractivity contribution >= 4 is 23.3 Å². The number of carbonyl (C=O) groups is 1. The van der Waals surface area contributed by atoms with Crippen molar-refractivity contribution in [2.24, 2.45) is 0 Å². The van der Waals surface area contributed by atoms with Gasteiger partial charge in [-0.15, -0.1) is 0 Å². The first-order valence-electron chi connectivity index (χ1n) is 8.53. The SMILES string of the molecule is CCOc1ccc(NC(=O)NC(C)c2nc(-c3ccc(Cl)cc3)n[nH]2)cc1. The molecule has 1 heterocycles. The molecule has 0 aliphatic heterocycles. The van der Waals surface area contributed by atoms with E-state index in [2.05, 4.69) is 25.8 Å². The van der Waals surface area contributed by atoms with Gasteiger partial charge in [0.25, 0.3) is 0 Å². The Labute approximate surface area is 162 Å². The summed E-state index contributed by atoms with van der Waals surface area (Å²) in [4.78, 5) is 16.6. The molecule has 3 N–H and O–H groups in total. The van der Waals surface area contributed by atoms with Gasteiger partial charge in [-0.2, -0.15) is 5.10 Å². The first-order chi connectivity index (χ1) is 13.0. The maximum absolute atomic E-state index is 12.2. The highest BCUT2D eigenvalue weighted by Gasteiger charge is 2.15. The van der Waals surface area contributed by atoms with Crippen molar-refractivity contribution in [3.05, 3.63) is 59.4 Å². The van der Waals surface area contributed by atoms with Gasteiger partial charge in [0.1, 0.15) is 11.6 Å². The van der Waals surface area contributed by atoms with Crippen molar-refractivity contribution < 1.29 is 9.53 Å². The van der Waals surface area contributed by atoms with Crippen LogP contribution < -0.4 is 15.4 Å². The maximum atomic E-state index is 12.2. The van der Waals surface area contributed by atoms with Crippen LogP contribution in [0.3, 0.4) is 0 Å². The molecular formula is C19H20ClN5O2. The summed E-state index contributed by atoms with van der Waals surface area (Å²) in [5.41, 5.74) is 1.51. The fourth-order valence-electron chi connectivity index (χ4n) is 2.43. The molecule has 8 heteroatoms. The van der Waals surface area contributed by atoms with Crippen LogP contribution in [0.2, 0.25) is 5.02 Å². The predicted octanol–water partition coefficient (Wildman–Crippen LogP) is 4.41. The molecule has 1 aromatic heterocycles. The van der Waals surface area contributed by atoms with Crippen molar-refractivity contribution in [2.45, 2.75) is 19.9 Å². The van der Waals surface area contributed by atoms with Crippen LogP contribution in [-0.2, 0) is 0 Å². The van der Waals surface area contributed by atoms with E-state index in [0.29, 0.717) is 29.0 Å². The molecule has 3 rings (SSSR count). The molecule has 0 radical (unpaired) electrons. The smallest absolute Gasteiger partial charge is 0.319 e. The highest BCUT2D eigenvalue weighted by Crippen LogP contribution is 2.20. The summed E-state index contributed by atoms with van der Waals surface area (Å²) in [6, 6.07) is 13.7. The van der Waals surface area contributed by atoms with Gasteiger partial charge in [0.2, 0.25) is 0 Å². The molecule has 3 aromatic rings. The quantitative estimate of drug-likeness (QED) is 0.586. The fraction of sp³-hybridized carbons (Fsp3) is 0.211. The minimum Gasteiger partial charge on any atom is -0.494 e. The minimum absolute atomic E-state index is 0.337. The number of hydrogen-bond acceptors (Lipinski definition) is 4. The van der Waals surface area contributed by atoms with Gasteiger partial charge in [-0.1, -0.05) is 11.6 Å². The van der Waals surface area contributed by atoms with E-state index in [4.69, 9.17) is 16.3 Å². The Bertz CT molecular complexity index is 893. The molecular weight excluding hydrogens is 366 g/mol. The Hall–Kier alpha value is -3.06. The number of carbonyl (C=O) groups excluding carboxylic acids is 1. The summed E-state index contributed by atoms with van der Waals surface area (Å²) in [7, 11) is 0. The van der Waals surface area contributed by atoms with E-state index >= 15 is 0 Å². The third-order valence-electron chi connectivity index (χ3n) is 3.79. The fourth-order valence-corrected chi connectivity index (χ4v) is 2.56. The lowest BCUT2D eigenvalue weighted by atomic mass is 10.2. The van der Waals surface area contributed by atoms with Crippen LogP contribution in [0.4, 0.5) is 10.5 Å². The van der Waals surface area contributed by atoms with Crippen LogP contribution >= 0.6 is 11.6 Å². The Morgan fingerprint density at radius 1 is 1.19 bits per heavy atom. The topological polar surface area (TPSA) is 91.9 Å². The van der Waals surface area contributed by atoms with Crippen molar-refractivity contribution in [3.8, 4) is 17.1 Å². The average molecular weight is 386 g/mol. The molecule has 7 nitrogen and oxygen atoms in total. The van der Waals surface area contributed by atoms with Crippen molar-refractivity contribution in [3.63, 3.8) is 0 Å². The molecule has 2 amide bonds. The minimum atomic E-state index is -0.346. The summed E-state index contributed by atoms with van der Waals surface area (Å²) in [5.74, 6) is 1.86. The van der Waals surface area contributed by atoms with Gasteiger partial charge in [-0.25, -0.2) is 9.78 Å². The number of ether oxygens (including phenoxy) is 1. The predicted molar refractivity (Wildman–Crippen MR) is 105 cm³/mol. The molecule has 1 atom stereocenters. The van der Waals surface area contributed by atoms with Gasteiger partial charge in [0, 0.05) is 16.3 Å². The van der Waals surface area contributed by atoms with E-state index in [-0.39, 0.29) is 12.1 Å². The van der Waals surface area contributed by atoms with Crippen LogP contribution in [0.1, 0.15) is 25.7 Å². The number of rotatable bonds is 6. The van der Waals surface area contributed by atoms with Crippen molar-refractivity contribution in [2.75, 3.05) is 11.9 Å². The van der Waals surface area contributed by atoms with Gasteiger partial charge in [0.05, 0.1) is 12.6 Å². The summed E-state index contributed by atoms with van der Waals surface area (Å²) in [6.07, 6.45) is 0. The highest BCUT2D eigenvalue weighted by molar-refractivity contribution is 6.30. The van der Waals surface area contributed by atoms with Crippen LogP contribution in [0.5, 0.6) is 5.75 Å². The van der Waals surface area contributed by atoms with E-state index in [1.165, 1.54) is 0 Å². The van der Waals surface area contributed by atoms with Crippen LogP contribution in [0.25, 0.3) is 11.4 Å². The molecule has 0 bridgehead atoms. The zero-order valence-corrected chi connectivity index (χ0v) is 15.7. The van der Waals surface area contributed by atoms with Gasteiger partial charge in [0.15, 0.2) is 5.82 Å². The number of aromatic nitrogens is 3. The normalized spacial score (nSPS) is 11.7. The molecule has 0 aliphatic rings. The molecule has 0 spiro atoms. The lowest BCUT2D eigenvalue weighted by Crippen LogP contribution is -2.31. The van der Waals surface area contributed by atoms with E-state index in [9.17, 15) is 4.79 Å². The average Bonchev–Trinajstić information content (AvgIpc) is 3.14. The third kappa shape index (κ3) is 4.98. The second-order valence-electron chi connectivity index (χ2n) is 5.83. The molecule has 1 unspecified atom stereocenters. The van der Waals surface area contributed by atoms with Gasteiger partial charge < -0.3 is 15.4 Å². The Morgan fingerprint density at radius 3 is 2.56 bits per heavy atom. The number of benzene rings is 2. The number of H-pyrrole nitrogens is 1. The van der Waals surface area contributed by atoms with Crippen molar-refractivity contribution in [1.82, 2.24) is 20.5 Å². The zero-order chi connectivity index (χ0) is 19.2. The molecule has 27 heavy (non-hydrogen) atoms. The Morgan fingerprint density at radius 2 is 1.89 bits per heavy atom. The number of halogens is 1. The third-order valence-corrected chi connectivity index (χ3v) is 4.04. The number of anilines is 1. The van der Waals surface area contributed by atoms with E-state index < -0.39 is 0 Å². The molecule has 140 valence electrons. The van der Waals surface area contributed by atoms with E-state index in [0.717, 1.165) is 11.3 Å². The zero-order valence-electron chi connectivity index (χ0n) is 15.0. The van der Waals surface area contributed by atoms with Gasteiger partial charge in [-0.05, 0) is 62.4 Å². The first-order valence-corrected chi connectivity index (χ1v) is 8.91. The molecule has 2 aromatic carbocycles. The number of nitrogens with one attached hydrogen (secondary N) is 3. The number of urea groups is 1. The molecule has 0 saturated heterocycles. The van der Waals surface area contributed by atoms with Crippen LogP contribution in [0.15, 0.2) is 48.5 Å². The van der Waals surface area contributed by atoms with Gasteiger partial charge >= 0.3 is 6.03 Å². The number of aromatic amines is 1.